The monoisotopic (exact) mass is 664 g/mol. The molecular formula is C37H44O11. The van der Waals surface area contributed by atoms with Crippen LogP contribution >= 0.6 is 0 Å². The third-order valence-corrected chi connectivity index (χ3v) is 11.8. The van der Waals surface area contributed by atoms with E-state index in [-0.39, 0.29) is 30.8 Å². The first kappa shape index (κ1) is 34.1. The SMILES string of the molecule is CC(=O)OC12COC1CC[C@@]1(C)C(=O)CC3=C(C)C(OC(=O)C(O)C(C)c4ccco4)CC(O)(C(OC(=O)c4ccccc4)C21)C3(C)C. The van der Waals surface area contributed by atoms with Crippen LogP contribution in [-0.2, 0) is 33.3 Å². The Bertz CT molecular complexity index is 1630. The van der Waals surface area contributed by atoms with E-state index in [2.05, 4.69) is 0 Å². The number of aliphatic hydroxyl groups is 2. The molecule has 3 fully saturated rings. The van der Waals surface area contributed by atoms with Crippen molar-refractivity contribution in [3.63, 3.8) is 0 Å². The zero-order valence-corrected chi connectivity index (χ0v) is 28.2. The van der Waals surface area contributed by atoms with Crippen LogP contribution in [0, 0.1) is 16.7 Å². The normalized spacial score (nSPS) is 35.0. The maximum atomic E-state index is 14.6. The summed E-state index contributed by atoms with van der Waals surface area (Å²) in [5, 5.41) is 24.2. The second kappa shape index (κ2) is 12.0. The fourth-order valence-electron chi connectivity index (χ4n) is 8.72. The molecule has 258 valence electrons. The van der Waals surface area contributed by atoms with E-state index in [0.717, 1.165) is 0 Å². The molecule has 1 aliphatic heterocycles. The maximum absolute atomic E-state index is 14.6. The van der Waals surface area contributed by atoms with Gasteiger partial charge in [-0.05, 0) is 49.6 Å². The first-order valence-corrected chi connectivity index (χ1v) is 16.5. The molecule has 4 aliphatic rings. The van der Waals surface area contributed by atoms with Crippen LogP contribution in [-0.4, -0.2) is 76.1 Å². The molecule has 1 aromatic carbocycles. The first-order valence-electron chi connectivity index (χ1n) is 16.5. The summed E-state index contributed by atoms with van der Waals surface area (Å²) in [5.41, 5.74) is -4.33. The number of aliphatic hydroxyl groups excluding tert-OH is 1. The van der Waals surface area contributed by atoms with E-state index in [1.165, 1.54) is 13.2 Å². The van der Waals surface area contributed by atoms with Crippen LogP contribution in [0.4, 0.5) is 0 Å². The van der Waals surface area contributed by atoms with E-state index in [0.29, 0.717) is 29.7 Å². The van der Waals surface area contributed by atoms with Gasteiger partial charge >= 0.3 is 17.9 Å². The average Bonchev–Trinajstić information content (AvgIpc) is 3.58. The number of rotatable bonds is 7. The van der Waals surface area contributed by atoms with Gasteiger partial charge in [0, 0.05) is 30.6 Å². The van der Waals surface area contributed by atoms with Gasteiger partial charge in [0.25, 0.3) is 0 Å². The number of carbonyl (C=O) groups is 4. The van der Waals surface area contributed by atoms with E-state index in [9.17, 15) is 29.4 Å². The number of hydrogen-bond donors (Lipinski definition) is 2. The van der Waals surface area contributed by atoms with Gasteiger partial charge in [0.15, 0.2) is 11.7 Å². The Labute approximate surface area is 279 Å². The lowest BCUT2D eigenvalue weighted by Crippen LogP contribution is -2.78. The van der Waals surface area contributed by atoms with Gasteiger partial charge in [0.2, 0.25) is 0 Å². The minimum Gasteiger partial charge on any atom is -0.469 e. The minimum absolute atomic E-state index is 0.0440. The Kier molecular flexibility index (Phi) is 8.49. The molecule has 6 rings (SSSR count). The standard InChI is InChI=1S/C37H44O11/c1-20-24-17-27(39)35(6)15-14-28-36(19-45-28,48-22(3)38)30(35)31(47-32(41)23-11-8-7-9-12-23)37(43,34(24,4)5)18-26(20)46-33(42)29(40)21(2)25-13-10-16-44-25/h7-13,16,21,26,28-31,40,43H,14-15,17-19H2,1-6H3/t21?,26?,28?,29?,30?,31?,35-,36?,37?/m0/s1. The Hall–Kier alpha value is -3.80. The quantitative estimate of drug-likeness (QED) is 0.245. The maximum Gasteiger partial charge on any atom is 0.338 e. The predicted molar refractivity (Wildman–Crippen MR) is 169 cm³/mol. The zero-order valence-electron chi connectivity index (χ0n) is 28.2. The fraction of sp³-hybridized carbons (Fsp3) is 0.568. The van der Waals surface area contributed by atoms with E-state index < -0.39 is 76.2 Å². The summed E-state index contributed by atoms with van der Waals surface area (Å²) in [6.07, 6.45) is -2.75. The number of ether oxygens (including phenoxy) is 4. The molecule has 11 heteroatoms. The molecular weight excluding hydrogens is 620 g/mol. The number of furan rings is 1. The van der Waals surface area contributed by atoms with Crippen LogP contribution in [0.3, 0.4) is 0 Å². The Morgan fingerprint density at radius 2 is 1.75 bits per heavy atom. The van der Waals surface area contributed by atoms with Gasteiger partial charge in [0.05, 0.1) is 30.3 Å². The molecule has 48 heavy (non-hydrogen) atoms. The molecule has 1 aromatic heterocycles. The first-order chi connectivity index (χ1) is 22.6. The lowest BCUT2D eigenvalue weighted by atomic mass is 9.46. The van der Waals surface area contributed by atoms with E-state index in [1.807, 2.05) is 0 Å². The Balaban J connectivity index is 1.49. The van der Waals surface area contributed by atoms with Crippen molar-refractivity contribution in [2.45, 2.75) is 109 Å². The van der Waals surface area contributed by atoms with Gasteiger partial charge in [-0.1, -0.05) is 51.5 Å². The second-order valence-corrected chi connectivity index (χ2v) is 14.7. The van der Waals surface area contributed by atoms with Crippen molar-refractivity contribution in [3.05, 3.63) is 71.2 Å². The minimum atomic E-state index is -1.95. The van der Waals surface area contributed by atoms with E-state index in [1.54, 1.807) is 77.1 Å². The molecule has 2 aromatic rings. The molecule has 2 N–H and O–H groups in total. The molecule has 9 atom stereocenters. The van der Waals surface area contributed by atoms with E-state index >= 15 is 0 Å². The zero-order chi connectivity index (χ0) is 34.8. The molecule has 2 heterocycles. The lowest BCUT2D eigenvalue weighted by Gasteiger charge is -2.66. The third-order valence-electron chi connectivity index (χ3n) is 11.8. The number of carbonyl (C=O) groups excluding carboxylic acids is 4. The molecule has 2 saturated carbocycles. The highest BCUT2D eigenvalue weighted by molar-refractivity contribution is 5.91. The Morgan fingerprint density at radius 3 is 2.35 bits per heavy atom. The van der Waals surface area contributed by atoms with Crippen LogP contribution in [0.15, 0.2) is 64.3 Å². The van der Waals surface area contributed by atoms with Gasteiger partial charge < -0.3 is 33.6 Å². The van der Waals surface area contributed by atoms with Crippen LogP contribution in [0.25, 0.3) is 0 Å². The van der Waals surface area contributed by atoms with Crippen molar-refractivity contribution in [2.24, 2.45) is 16.7 Å². The molecule has 0 spiro atoms. The third kappa shape index (κ3) is 5.13. The molecule has 3 aliphatic carbocycles. The van der Waals surface area contributed by atoms with Crippen LogP contribution < -0.4 is 0 Å². The van der Waals surface area contributed by atoms with Crippen LogP contribution in [0.2, 0.25) is 0 Å². The van der Waals surface area contributed by atoms with Gasteiger partial charge in [-0.2, -0.15) is 0 Å². The summed E-state index contributed by atoms with van der Waals surface area (Å²) < 4.78 is 29.7. The number of Topliss-reactive ketones (excluding diaryl/α,β-unsaturated/α-hetero) is 1. The number of hydrogen-bond acceptors (Lipinski definition) is 11. The summed E-state index contributed by atoms with van der Waals surface area (Å²) >= 11 is 0. The van der Waals surface area contributed by atoms with Crippen molar-refractivity contribution in [3.8, 4) is 0 Å². The summed E-state index contributed by atoms with van der Waals surface area (Å²) in [6, 6.07) is 11.6. The fourth-order valence-corrected chi connectivity index (χ4v) is 8.72. The lowest BCUT2D eigenvalue weighted by molar-refractivity contribution is -0.331. The van der Waals surface area contributed by atoms with Gasteiger partial charge in [-0.25, -0.2) is 9.59 Å². The molecule has 0 radical (unpaired) electrons. The number of ketones is 1. The van der Waals surface area contributed by atoms with Crippen molar-refractivity contribution in [2.75, 3.05) is 6.61 Å². The second-order valence-electron chi connectivity index (χ2n) is 14.7. The highest BCUT2D eigenvalue weighted by Gasteiger charge is 2.75. The van der Waals surface area contributed by atoms with Gasteiger partial charge in [0.1, 0.15) is 35.5 Å². The van der Waals surface area contributed by atoms with Gasteiger partial charge in [-0.15, -0.1) is 0 Å². The summed E-state index contributed by atoms with van der Waals surface area (Å²) in [5.74, 6) is -3.77. The highest BCUT2D eigenvalue weighted by atomic mass is 16.6. The Morgan fingerprint density at radius 1 is 1.04 bits per heavy atom. The smallest absolute Gasteiger partial charge is 0.338 e. The molecule has 2 bridgehead atoms. The number of benzene rings is 1. The van der Waals surface area contributed by atoms with Crippen LogP contribution in [0.1, 0.15) is 89.3 Å². The number of fused-ring (bicyclic) bond motifs is 5. The molecule has 0 amide bonds. The molecule has 1 saturated heterocycles. The summed E-state index contributed by atoms with van der Waals surface area (Å²) in [6.45, 7) is 9.98. The van der Waals surface area contributed by atoms with Crippen molar-refractivity contribution in [1.82, 2.24) is 0 Å². The average molecular weight is 665 g/mol. The van der Waals surface area contributed by atoms with Crippen molar-refractivity contribution in [1.29, 1.82) is 0 Å². The summed E-state index contributed by atoms with van der Waals surface area (Å²) in [4.78, 5) is 54.7. The van der Waals surface area contributed by atoms with Crippen molar-refractivity contribution >= 4 is 23.7 Å². The van der Waals surface area contributed by atoms with Gasteiger partial charge in [-0.3, -0.25) is 9.59 Å². The number of esters is 3. The largest absolute Gasteiger partial charge is 0.469 e. The molecule has 11 nitrogen and oxygen atoms in total. The van der Waals surface area contributed by atoms with Crippen LogP contribution in [0.5, 0.6) is 0 Å². The topological polar surface area (TPSA) is 159 Å². The van der Waals surface area contributed by atoms with Crippen molar-refractivity contribution < 1.29 is 52.8 Å². The van der Waals surface area contributed by atoms with E-state index in [4.69, 9.17) is 23.4 Å². The molecule has 8 unspecified atom stereocenters. The summed E-state index contributed by atoms with van der Waals surface area (Å²) in [7, 11) is 0. The highest BCUT2D eigenvalue weighted by Crippen LogP contribution is 2.64. The predicted octanol–water partition coefficient (Wildman–Crippen LogP) is 4.45.